The van der Waals surface area contributed by atoms with Gasteiger partial charge in [-0.3, -0.25) is 0 Å². The van der Waals surface area contributed by atoms with E-state index in [9.17, 15) is 9.59 Å². The van der Waals surface area contributed by atoms with E-state index in [1.807, 2.05) is 6.26 Å². The minimum absolute atomic E-state index is 0.195. The number of amides is 2. The average molecular weight is 278 g/mol. The first kappa shape index (κ1) is 17.1. The lowest BCUT2D eigenvalue weighted by atomic mass is 10.1. The zero-order chi connectivity index (χ0) is 14.3. The number of rotatable bonds is 7. The molecule has 1 atom stereocenters. The fourth-order valence-electron chi connectivity index (χ4n) is 1.12. The smallest absolute Gasteiger partial charge is 0.326 e. The highest BCUT2D eigenvalue weighted by molar-refractivity contribution is 7.98. The summed E-state index contributed by atoms with van der Waals surface area (Å²) in [5.41, 5.74) is -0.730. The van der Waals surface area contributed by atoms with Crippen LogP contribution in [0.2, 0.25) is 0 Å². The predicted molar refractivity (Wildman–Crippen MR) is 71.9 cm³/mol. The molecule has 0 aromatic rings. The summed E-state index contributed by atoms with van der Waals surface area (Å²) in [6, 6.07) is -1.40. The summed E-state index contributed by atoms with van der Waals surface area (Å²) in [6.07, 6.45) is 2.25. The lowest BCUT2D eigenvalue weighted by Gasteiger charge is -2.34. The van der Waals surface area contributed by atoms with E-state index in [0.717, 1.165) is 0 Å². The number of hydrogen-bond donors (Lipinski definition) is 3. The summed E-state index contributed by atoms with van der Waals surface area (Å²) in [5, 5.41) is 20.6. The number of aliphatic hydroxyl groups excluding tert-OH is 1. The van der Waals surface area contributed by atoms with E-state index >= 15 is 0 Å². The van der Waals surface area contributed by atoms with Gasteiger partial charge in [0.15, 0.2) is 0 Å². The molecule has 0 spiro atoms. The van der Waals surface area contributed by atoms with Crippen LogP contribution in [-0.4, -0.2) is 64.4 Å². The molecule has 0 radical (unpaired) electrons. The maximum Gasteiger partial charge on any atom is 0.326 e. The standard InChI is InChI=1S/C11H22N2O4S/c1-11(2,7-14)13(3)10(17)12-8(9(15)16)5-6-18-4/h8,14H,5-7H2,1-4H3,(H,12,17)(H,15,16)/t8-/m1/s1. The Morgan fingerprint density at radius 1 is 1.44 bits per heavy atom. The van der Waals surface area contributed by atoms with Crippen molar-refractivity contribution in [3.8, 4) is 0 Å². The Hall–Kier alpha value is -0.950. The largest absolute Gasteiger partial charge is 0.480 e. The quantitative estimate of drug-likeness (QED) is 0.634. The third-order valence-corrected chi connectivity index (χ3v) is 3.45. The van der Waals surface area contributed by atoms with Gasteiger partial charge < -0.3 is 20.4 Å². The molecule has 2 amide bonds. The summed E-state index contributed by atoms with van der Waals surface area (Å²) in [4.78, 5) is 24.2. The van der Waals surface area contributed by atoms with Crippen LogP contribution in [0.15, 0.2) is 0 Å². The van der Waals surface area contributed by atoms with Gasteiger partial charge >= 0.3 is 12.0 Å². The molecule has 0 saturated heterocycles. The number of likely N-dealkylation sites (N-methyl/N-ethyl adjacent to an activating group) is 1. The molecule has 106 valence electrons. The van der Waals surface area contributed by atoms with Crippen molar-refractivity contribution in [2.75, 3.05) is 25.7 Å². The minimum atomic E-state index is -1.05. The molecule has 3 N–H and O–H groups in total. The van der Waals surface area contributed by atoms with Crippen molar-refractivity contribution in [1.29, 1.82) is 0 Å². The Bertz CT molecular complexity index is 297. The summed E-state index contributed by atoms with van der Waals surface area (Å²) in [6.45, 7) is 3.20. The highest BCUT2D eigenvalue weighted by Gasteiger charge is 2.29. The number of aliphatic carboxylic acids is 1. The van der Waals surface area contributed by atoms with E-state index in [1.165, 1.54) is 23.7 Å². The van der Waals surface area contributed by atoms with Crippen LogP contribution in [0.5, 0.6) is 0 Å². The van der Waals surface area contributed by atoms with Crippen molar-refractivity contribution in [1.82, 2.24) is 10.2 Å². The first-order chi connectivity index (χ1) is 8.26. The van der Waals surface area contributed by atoms with E-state index in [2.05, 4.69) is 5.32 Å². The molecule has 0 bridgehead atoms. The molecule has 0 fully saturated rings. The van der Waals surface area contributed by atoms with Gasteiger partial charge in [-0.05, 0) is 32.3 Å². The van der Waals surface area contributed by atoms with Gasteiger partial charge in [0.25, 0.3) is 0 Å². The zero-order valence-corrected chi connectivity index (χ0v) is 12.1. The van der Waals surface area contributed by atoms with Crippen LogP contribution < -0.4 is 5.32 Å². The number of carbonyl (C=O) groups is 2. The van der Waals surface area contributed by atoms with Crippen LogP contribution in [0, 0.1) is 0 Å². The Balaban J connectivity index is 4.55. The lowest BCUT2D eigenvalue weighted by Crippen LogP contribution is -2.55. The molecule has 0 unspecified atom stereocenters. The van der Waals surface area contributed by atoms with Crippen LogP contribution >= 0.6 is 11.8 Å². The molecule has 0 rings (SSSR count). The Labute approximate surface area is 112 Å². The number of nitrogens with one attached hydrogen (secondary N) is 1. The molecule has 7 heteroatoms. The van der Waals surface area contributed by atoms with Crippen molar-refractivity contribution in [3.63, 3.8) is 0 Å². The normalized spacial score (nSPS) is 12.9. The van der Waals surface area contributed by atoms with Crippen LogP contribution in [0.4, 0.5) is 4.79 Å². The highest BCUT2D eigenvalue weighted by Crippen LogP contribution is 2.11. The zero-order valence-electron chi connectivity index (χ0n) is 11.3. The lowest BCUT2D eigenvalue weighted by molar-refractivity contribution is -0.139. The second kappa shape index (κ2) is 7.48. The molecule has 0 aromatic carbocycles. The number of urea groups is 1. The predicted octanol–water partition coefficient (Wildman–Crippen LogP) is 0.605. The van der Waals surface area contributed by atoms with Gasteiger partial charge in [-0.1, -0.05) is 0 Å². The van der Waals surface area contributed by atoms with Gasteiger partial charge in [0, 0.05) is 7.05 Å². The number of carboxylic acid groups (broad SMARTS) is 1. The van der Waals surface area contributed by atoms with Crippen molar-refractivity contribution in [3.05, 3.63) is 0 Å². The van der Waals surface area contributed by atoms with Gasteiger partial charge in [0.1, 0.15) is 6.04 Å². The molecule has 0 saturated carbocycles. The molecule has 0 aliphatic rings. The molecule has 0 heterocycles. The second-order valence-electron chi connectivity index (χ2n) is 4.65. The van der Waals surface area contributed by atoms with E-state index in [1.54, 1.807) is 13.8 Å². The van der Waals surface area contributed by atoms with Crippen LogP contribution in [0.1, 0.15) is 20.3 Å². The second-order valence-corrected chi connectivity index (χ2v) is 5.64. The Kier molecular flexibility index (Phi) is 7.08. The van der Waals surface area contributed by atoms with E-state index in [0.29, 0.717) is 12.2 Å². The SMILES string of the molecule is CSCC[C@@H](NC(=O)N(C)C(C)(C)CO)C(=O)O. The Morgan fingerprint density at radius 2 is 2.00 bits per heavy atom. The Morgan fingerprint density at radius 3 is 2.39 bits per heavy atom. The van der Waals surface area contributed by atoms with Gasteiger partial charge in [0.05, 0.1) is 12.1 Å². The van der Waals surface area contributed by atoms with Gasteiger partial charge in [0.2, 0.25) is 0 Å². The number of aliphatic hydroxyl groups is 1. The molecule has 6 nitrogen and oxygen atoms in total. The number of hydrogen-bond acceptors (Lipinski definition) is 4. The number of carbonyl (C=O) groups excluding carboxylic acids is 1. The minimum Gasteiger partial charge on any atom is -0.480 e. The van der Waals surface area contributed by atoms with Crippen molar-refractivity contribution in [2.24, 2.45) is 0 Å². The van der Waals surface area contributed by atoms with Crippen LogP contribution in [-0.2, 0) is 4.79 Å². The number of carboxylic acids is 1. The monoisotopic (exact) mass is 278 g/mol. The van der Waals surface area contributed by atoms with Gasteiger partial charge in [-0.2, -0.15) is 11.8 Å². The molecule has 0 aliphatic heterocycles. The third kappa shape index (κ3) is 5.14. The molecular formula is C11H22N2O4S. The number of nitrogens with zero attached hydrogens (tertiary/aromatic N) is 1. The molecule has 0 aromatic heterocycles. The maximum absolute atomic E-state index is 11.9. The third-order valence-electron chi connectivity index (χ3n) is 2.81. The summed E-state index contributed by atoms with van der Waals surface area (Å²) >= 11 is 1.52. The molecule has 0 aliphatic carbocycles. The van der Waals surface area contributed by atoms with Crippen LogP contribution in [0.25, 0.3) is 0 Å². The van der Waals surface area contributed by atoms with E-state index in [4.69, 9.17) is 10.2 Å². The molecule has 18 heavy (non-hydrogen) atoms. The topological polar surface area (TPSA) is 89.9 Å². The highest BCUT2D eigenvalue weighted by atomic mass is 32.2. The maximum atomic E-state index is 11.9. The van der Waals surface area contributed by atoms with E-state index < -0.39 is 23.6 Å². The van der Waals surface area contributed by atoms with E-state index in [-0.39, 0.29) is 6.61 Å². The van der Waals surface area contributed by atoms with Crippen LogP contribution in [0.3, 0.4) is 0 Å². The van der Waals surface area contributed by atoms with Gasteiger partial charge in [-0.25, -0.2) is 9.59 Å². The van der Waals surface area contributed by atoms with Crippen molar-refractivity contribution in [2.45, 2.75) is 31.8 Å². The van der Waals surface area contributed by atoms with Crippen molar-refractivity contribution < 1.29 is 19.8 Å². The number of thioether (sulfide) groups is 1. The first-order valence-corrected chi connectivity index (χ1v) is 7.02. The summed E-state index contributed by atoms with van der Waals surface area (Å²) in [7, 11) is 1.53. The van der Waals surface area contributed by atoms with Crippen molar-refractivity contribution >= 4 is 23.8 Å². The fraction of sp³-hybridized carbons (Fsp3) is 0.818. The average Bonchev–Trinajstić information content (AvgIpc) is 2.32. The molecular weight excluding hydrogens is 256 g/mol. The summed E-state index contributed by atoms with van der Waals surface area (Å²) in [5.74, 6) is -0.391. The first-order valence-electron chi connectivity index (χ1n) is 5.63. The summed E-state index contributed by atoms with van der Waals surface area (Å²) < 4.78 is 0. The fourth-order valence-corrected chi connectivity index (χ4v) is 1.59. The van der Waals surface area contributed by atoms with Gasteiger partial charge in [-0.15, -0.1) is 0 Å².